The highest BCUT2D eigenvalue weighted by Crippen LogP contribution is 2.47. The van der Waals surface area contributed by atoms with Crippen molar-refractivity contribution in [1.82, 2.24) is 15.0 Å². The van der Waals surface area contributed by atoms with Crippen molar-refractivity contribution in [2.45, 2.75) is 37.5 Å². The molecule has 5 heteroatoms. The Labute approximate surface area is 352 Å². The average molecular weight is 794 g/mol. The topological polar surface area (TPSA) is 55.7 Å². The molecule has 0 amide bonds. The number of nitrogens with zero attached hydrogens (tertiary/aromatic N) is 3. The van der Waals surface area contributed by atoms with E-state index >= 15 is 4.57 Å². The SMILES string of the molecule is O=P(c1ccccc1)(c1ccccc1)c1ccc(-c2cccc(C3(c4ccc(-c5nc(-c6ccccc6)nc(-c6ccc7ccccc7c6)n5)cc4)CCCCC3)c2)cc1. The molecular formula is C55H44N3OP. The van der Waals surface area contributed by atoms with E-state index in [-0.39, 0.29) is 5.41 Å². The van der Waals surface area contributed by atoms with Gasteiger partial charge < -0.3 is 4.57 Å². The van der Waals surface area contributed by atoms with Gasteiger partial charge in [-0.25, -0.2) is 15.0 Å². The number of hydrogen-bond acceptors (Lipinski definition) is 4. The van der Waals surface area contributed by atoms with Gasteiger partial charge in [0.2, 0.25) is 0 Å². The second-order valence-electron chi connectivity index (χ2n) is 15.9. The summed E-state index contributed by atoms with van der Waals surface area (Å²) in [5.41, 5.74) is 7.69. The Kier molecular flexibility index (Phi) is 10.1. The third-order valence-corrected chi connectivity index (χ3v) is 15.4. The number of hydrogen-bond donors (Lipinski definition) is 0. The molecule has 0 saturated heterocycles. The molecule has 0 radical (unpaired) electrons. The summed E-state index contributed by atoms with van der Waals surface area (Å²) in [6.07, 6.45) is 5.77. The summed E-state index contributed by atoms with van der Waals surface area (Å²) in [5.74, 6) is 1.97. The van der Waals surface area contributed by atoms with Crippen molar-refractivity contribution >= 4 is 33.8 Å². The minimum absolute atomic E-state index is 0.117. The van der Waals surface area contributed by atoms with Crippen LogP contribution in [0.25, 0.3) is 56.1 Å². The molecule has 60 heavy (non-hydrogen) atoms. The Morgan fingerprint density at radius 3 is 1.47 bits per heavy atom. The molecule has 0 aliphatic heterocycles. The lowest BCUT2D eigenvalue weighted by atomic mass is 9.65. The van der Waals surface area contributed by atoms with Gasteiger partial charge in [0, 0.05) is 38.0 Å². The fourth-order valence-corrected chi connectivity index (χ4v) is 11.7. The highest BCUT2D eigenvalue weighted by atomic mass is 31.2. The molecule has 0 N–H and O–H groups in total. The van der Waals surface area contributed by atoms with Gasteiger partial charge >= 0.3 is 0 Å². The third-order valence-electron chi connectivity index (χ3n) is 12.3. The lowest BCUT2D eigenvalue weighted by Gasteiger charge is -2.39. The van der Waals surface area contributed by atoms with E-state index in [1.165, 1.54) is 35.8 Å². The second kappa shape index (κ2) is 16.1. The molecule has 0 bridgehead atoms. The Hall–Kier alpha value is -6.74. The first-order valence-corrected chi connectivity index (χ1v) is 22.6. The summed E-state index contributed by atoms with van der Waals surface area (Å²) in [6, 6.07) is 71.2. The van der Waals surface area contributed by atoms with E-state index in [4.69, 9.17) is 15.0 Å². The van der Waals surface area contributed by atoms with E-state index in [1.54, 1.807) is 0 Å². The maximum Gasteiger partial charge on any atom is 0.171 e. The predicted octanol–water partition coefficient (Wildman–Crippen LogP) is 12.6. The van der Waals surface area contributed by atoms with Crippen molar-refractivity contribution in [3.63, 3.8) is 0 Å². The molecule has 8 aromatic carbocycles. The van der Waals surface area contributed by atoms with Gasteiger partial charge in [0.15, 0.2) is 24.6 Å². The lowest BCUT2D eigenvalue weighted by molar-refractivity contribution is 0.346. The fraction of sp³-hybridized carbons (Fsp3) is 0.109. The van der Waals surface area contributed by atoms with E-state index < -0.39 is 7.14 Å². The number of fused-ring (bicyclic) bond motifs is 1. The van der Waals surface area contributed by atoms with E-state index in [0.29, 0.717) is 17.5 Å². The van der Waals surface area contributed by atoms with Crippen LogP contribution in [0.5, 0.6) is 0 Å². The maximum absolute atomic E-state index is 15.0. The van der Waals surface area contributed by atoms with Gasteiger partial charge in [-0.15, -0.1) is 0 Å². The second-order valence-corrected chi connectivity index (χ2v) is 18.6. The molecular weight excluding hydrogens is 750 g/mol. The fourth-order valence-electron chi connectivity index (χ4n) is 9.10. The number of rotatable bonds is 9. The van der Waals surface area contributed by atoms with Crippen LogP contribution in [0.4, 0.5) is 0 Å². The number of aromatic nitrogens is 3. The molecule has 0 atom stereocenters. The van der Waals surface area contributed by atoms with Crippen molar-refractivity contribution in [2.75, 3.05) is 0 Å². The van der Waals surface area contributed by atoms with Crippen LogP contribution in [0.2, 0.25) is 0 Å². The van der Waals surface area contributed by atoms with E-state index in [2.05, 4.69) is 127 Å². The first-order valence-electron chi connectivity index (χ1n) is 20.9. The predicted molar refractivity (Wildman–Crippen MR) is 249 cm³/mol. The molecule has 1 saturated carbocycles. The van der Waals surface area contributed by atoms with Crippen LogP contribution in [0, 0.1) is 0 Å². The Morgan fingerprint density at radius 1 is 0.350 bits per heavy atom. The van der Waals surface area contributed by atoms with Crippen LogP contribution in [-0.4, -0.2) is 15.0 Å². The number of benzene rings is 8. The molecule has 1 aliphatic carbocycles. The molecule has 0 unspecified atom stereocenters. The summed E-state index contributed by atoms with van der Waals surface area (Å²) in [5, 5.41) is 4.85. The first kappa shape index (κ1) is 37.5. The van der Waals surface area contributed by atoms with E-state index in [1.807, 2.05) is 78.9 Å². The van der Waals surface area contributed by atoms with Crippen molar-refractivity contribution in [3.8, 4) is 45.3 Å². The lowest BCUT2D eigenvalue weighted by Crippen LogP contribution is -2.30. The normalized spacial score (nSPS) is 13.9. The highest BCUT2D eigenvalue weighted by Gasteiger charge is 2.36. The summed E-state index contributed by atoms with van der Waals surface area (Å²) in [7, 11) is -3.06. The Balaban J connectivity index is 0.996. The van der Waals surface area contributed by atoms with Crippen molar-refractivity contribution in [2.24, 2.45) is 0 Å². The monoisotopic (exact) mass is 793 g/mol. The van der Waals surface area contributed by atoms with Crippen molar-refractivity contribution in [3.05, 3.63) is 217 Å². The van der Waals surface area contributed by atoms with Crippen LogP contribution in [0.3, 0.4) is 0 Å². The quantitative estimate of drug-likeness (QED) is 0.137. The summed E-state index contributed by atoms with van der Waals surface area (Å²) in [6.45, 7) is 0. The smallest absolute Gasteiger partial charge is 0.171 e. The minimum atomic E-state index is -3.06. The molecule has 290 valence electrons. The zero-order valence-corrected chi connectivity index (χ0v) is 34.3. The zero-order chi connectivity index (χ0) is 40.4. The van der Waals surface area contributed by atoms with Gasteiger partial charge in [-0.3, -0.25) is 0 Å². The molecule has 1 heterocycles. The standard InChI is InChI=1S/C55H44N3OP/c59-60(49-22-7-2-8-23-49,50-24-9-3-10-25-50)51-34-30-41(31-35-51)45-20-15-21-48(39-45)55(36-13-4-14-37-55)47-32-28-43(29-33-47)53-56-52(42-17-5-1-6-18-42)57-54(58-53)46-27-26-40-16-11-12-19-44(40)38-46/h1-3,5-12,15-35,38-39H,4,13-14,36-37H2. The minimum Gasteiger partial charge on any atom is -0.309 e. The van der Waals surface area contributed by atoms with Crippen molar-refractivity contribution < 1.29 is 4.57 Å². The molecule has 9 aromatic rings. The van der Waals surface area contributed by atoms with Crippen LogP contribution in [0.15, 0.2) is 206 Å². The average Bonchev–Trinajstić information content (AvgIpc) is 3.34. The van der Waals surface area contributed by atoms with Crippen LogP contribution < -0.4 is 15.9 Å². The van der Waals surface area contributed by atoms with Gasteiger partial charge in [0.25, 0.3) is 0 Å². The van der Waals surface area contributed by atoms with E-state index in [9.17, 15) is 0 Å². The molecule has 1 fully saturated rings. The summed E-state index contributed by atoms with van der Waals surface area (Å²) < 4.78 is 15.0. The van der Waals surface area contributed by atoms with Gasteiger partial charge in [-0.2, -0.15) is 0 Å². The summed E-state index contributed by atoms with van der Waals surface area (Å²) in [4.78, 5) is 15.1. The highest BCUT2D eigenvalue weighted by molar-refractivity contribution is 7.85. The molecule has 1 aromatic heterocycles. The van der Waals surface area contributed by atoms with E-state index in [0.717, 1.165) is 62.0 Å². The molecule has 4 nitrogen and oxygen atoms in total. The summed E-state index contributed by atoms with van der Waals surface area (Å²) >= 11 is 0. The Bertz CT molecular complexity index is 2920. The van der Waals surface area contributed by atoms with Gasteiger partial charge in [0.1, 0.15) is 0 Å². The molecule has 10 rings (SSSR count). The Morgan fingerprint density at radius 2 is 0.833 bits per heavy atom. The van der Waals surface area contributed by atoms with Crippen molar-refractivity contribution in [1.29, 1.82) is 0 Å². The third kappa shape index (κ3) is 7.08. The zero-order valence-electron chi connectivity index (χ0n) is 33.4. The first-order chi connectivity index (χ1) is 29.6. The van der Waals surface area contributed by atoms with Gasteiger partial charge in [0.05, 0.1) is 0 Å². The van der Waals surface area contributed by atoms with Gasteiger partial charge in [-0.05, 0) is 51.9 Å². The van der Waals surface area contributed by atoms with Gasteiger partial charge in [-0.1, -0.05) is 219 Å². The molecule has 0 spiro atoms. The maximum atomic E-state index is 15.0. The molecule has 1 aliphatic rings. The van der Waals surface area contributed by atoms with Crippen LogP contribution >= 0.6 is 7.14 Å². The van der Waals surface area contributed by atoms with Crippen LogP contribution in [-0.2, 0) is 9.98 Å². The largest absolute Gasteiger partial charge is 0.309 e. The van der Waals surface area contributed by atoms with Crippen LogP contribution in [0.1, 0.15) is 43.2 Å².